The zero-order chi connectivity index (χ0) is 8.39. The molecule has 0 atom stereocenters. The maximum absolute atomic E-state index is 10.6. The van der Waals surface area contributed by atoms with Gasteiger partial charge < -0.3 is 4.42 Å². The predicted octanol–water partition coefficient (Wildman–Crippen LogP) is -0.103. The van der Waals surface area contributed by atoms with Crippen LogP contribution in [0.5, 0.6) is 0 Å². The Bertz CT molecular complexity index is 398. The van der Waals surface area contributed by atoms with Crippen LogP contribution in [0.1, 0.15) is 5.76 Å². The van der Waals surface area contributed by atoms with Crippen LogP contribution in [0, 0.1) is 0 Å². The second-order valence-corrected chi connectivity index (χ2v) is 2.35. The summed E-state index contributed by atoms with van der Waals surface area (Å²) < 4.78 is 11.0. The molecule has 2 rings (SSSR count). The average Bonchev–Trinajstić information content (AvgIpc) is 2.63. The Hall–Kier alpha value is -1.78. The minimum absolute atomic E-state index is 0.401. The van der Waals surface area contributed by atoms with Crippen molar-refractivity contribution in [1.82, 2.24) is 5.27 Å². The lowest BCUT2D eigenvalue weighted by atomic mass is 10.4. The van der Waals surface area contributed by atoms with Crippen LogP contribution in [0.3, 0.4) is 0 Å². The van der Waals surface area contributed by atoms with Crippen molar-refractivity contribution in [3.05, 3.63) is 40.8 Å². The van der Waals surface area contributed by atoms with E-state index in [1.807, 2.05) is 6.07 Å². The fourth-order valence-electron chi connectivity index (χ4n) is 0.932. The molecule has 0 unspecified atom stereocenters. The van der Waals surface area contributed by atoms with Gasteiger partial charge in [0.25, 0.3) is 6.20 Å². The number of nitrogens with one attached hydrogen (secondary N) is 1. The lowest BCUT2D eigenvalue weighted by Gasteiger charge is -1.83. The molecule has 0 aliphatic rings. The third kappa shape index (κ3) is 1.29. The molecule has 1 N–H and O–H groups in total. The molecule has 0 amide bonds. The van der Waals surface area contributed by atoms with Crippen molar-refractivity contribution in [1.29, 1.82) is 0 Å². The van der Waals surface area contributed by atoms with Crippen molar-refractivity contribution < 1.29 is 13.6 Å². The number of aromatic amines is 1. The largest absolute Gasteiger partial charge is 0.463 e. The number of hydrogen-bond donors (Lipinski definition) is 1. The summed E-state index contributed by atoms with van der Waals surface area (Å²) in [7, 11) is 0. The first kappa shape index (κ1) is 6.90. The zero-order valence-electron chi connectivity index (χ0n) is 6.19. The molecule has 0 radical (unpaired) electrons. The highest BCUT2D eigenvalue weighted by atomic mass is 16.5. The summed E-state index contributed by atoms with van der Waals surface area (Å²) in [5.41, 5.74) is -0.401. The second-order valence-electron chi connectivity index (χ2n) is 2.35. The highest BCUT2D eigenvalue weighted by Gasteiger charge is 2.08. The van der Waals surface area contributed by atoms with Gasteiger partial charge in [-0.15, -0.1) is 0 Å². The summed E-state index contributed by atoms with van der Waals surface area (Å²) in [5, 5.41) is 2.41. The van der Waals surface area contributed by atoms with E-state index in [1.54, 1.807) is 12.3 Å². The monoisotopic (exact) mass is 167 g/mol. The topological polar surface area (TPSA) is 63.0 Å². The average molecular weight is 167 g/mol. The Morgan fingerprint density at radius 2 is 2.50 bits per heavy atom. The molecule has 12 heavy (non-hydrogen) atoms. The summed E-state index contributed by atoms with van der Waals surface area (Å²) >= 11 is 0. The lowest BCUT2D eigenvalue weighted by molar-refractivity contribution is -0.756. The molecule has 0 saturated carbocycles. The van der Waals surface area contributed by atoms with Gasteiger partial charge in [0.1, 0.15) is 0 Å². The van der Waals surface area contributed by atoms with Crippen molar-refractivity contribution in [3.8, 4) is 0 Å². The van der Waals surface area contributed by atoms with Gasteiger partial charge >= 0.3 is 5.63 Å². The quantitative estimate of drug-likeness (QED) is 0.635. The molecule has 0 aliphatic heterocycles. The van der Waals surface area contributed by atoms with Crippen LogP contribution < -0.4 is 10.3 Å². The summed E-state index contributed by atoms with van der Waals surface area (Å²) in [6.45, 7) is 0.471. The minimum Gasteiger partial charge on any atom is -0.463 e. The molecule has 0 spiro atoms. The van der Waals surface area contributed by atoms with Gasteiger partial charge in [0.15, 0.2) is 5.76 Å². The maximum Gasteiger partial charge on any atom is 0.426 e. The van der Waals surface area contributed by atoms with E-state index >= 15 is 0 Å². The number of H-pyrrole nitrogens is 1. The number of aromatic nitrogens is 2. The second kappa shape index (κ2) is 2.69. The van der Waals surface area contributed by atoms with Crippen LogP contribution in [0.2, 0.25) is 0 Å². The van der Waals surface area contributed by atoms with E-state index in [0.717, 1.165) is 5.76 Å². The normalized spacial score (nSPS) is 10.3. The summed E-state index contributed by atoms with van der Waals surface area (Å²) in [6.07, 6.45) is 2.90. The molecule has 5 nitrogen and oxygen atoms in total. The number of nitrogens with zero attached hydrogens (tertiary/aromatic N) is 1. The summed E-state index contributed by atoms with van der Waals surface area (Å²) in [5.74, 6) is 0.761. The van der Waals surface area contributed by atoms with Crippen LogP contribution in [0.15, 0.2) is 38.3 Å². The van der Waals surface area contributed by atoms with E-state index in [1.165, 1.54) is 10.9 Å². The predicted molar refractivity (Wildman–Crippen MR) is 37.3 cm³/mol. The summed E-state index contributed by atoms with van der Waals surface area (Å²) in [6, 6.07) is 3.60. The van der Waals surface area contributed by atoms with Gasteiger partial charge in [-0.1, -0.05) is 4.68 Å². The first-order chi connectivity index (χ1) is 5.84. The molecular weight excluding hydrogens is 160 g/mol. The van der Waals surface area contributed by atoms with Crippen LogP contribution in [0.25, 0.3) is 0 Å². The van der Waals surface area contributed by atoms with E-state index < -0.39 is 5.63 Å². The Balaban J connectivity index is 2.19. The standard InChI is InChI=1S/C7H6N2O3/c10-7-5-9(8-12-7)4-6-2-1-3-11-6/h1-3,5H,4H2/p+1. The summed E-state index contributed by atoms with van der Waals surface area (Å²) in [4.78, 5) is 10.6. The molecule has 0 fully saturated rings. The van der Waals surface area contributed by atoms with E-state index in [9.17, 15) is 4.79 Å². The first-order valence-corrected chi connectivity index (χ1v) is 3.45. The fourth-order valence-corrected chi connectivity index (χ4v) is 0.932. The van der Waals surface area contributed by atoms with E-state index in [0.29, 0.717) is 6.54 Å². The Morgan fingerprint density at radius 1 is 1.58 bits per heavy atom. The molecule has 0 bridgehead atoms. The minimum atomic E-state index is -0.401. The molecule has 5 heteroatoms. The van der Waals surface area contributed by atoms with E-state index in [4.69, 9.17) is 4.42 Å². The lowest BCUT2D eigenvalue weighted by Crippen LogP contribution is -2.35. The Labute approximate surface area is 67.2 Å². The van der Waals surface area contributed by atoms with Crippen LogP contribution in [-0.4, -0.2) is 5.27 Å². The van der Waals surface area contributed by atoms with Crippen molar-refractivity contribution in [2.45, 2.75) is 6.54 Å². The Morgan fingerprint density at radius 3 is 3.08 bits per heavy atom. The molecule has 0 saturated heterocycles. The third-order valence-electron chi connectivity index (χ3n) is 1.43. The van der Waals surface area contributed by atoms with Crippen molar-refractivity contribution >= 4 is 0 Å². The SMILES string of the molecule is O=c1c[n+](Cc2ccco2)[nH]o1. The molecule has 0 aromatic carbocycles. The number of rotatable bonds is 2. The van der Waals surface area contributed by atoms with Crippen molar-refractivity contribution in [2.75, 3.05) is 0 Å². The molecule has 62 valence electrons. The van der Waals surface area contributed by atoms with Crippen LogP contribution in [0.4, 0.5) is 0 Å². The van der Waals surface area contributed by atoms with Crippen LogP contribution in [-0.2, 0) is 6.54 Å². The van der Waals surface area contributed by atoms with Gasteiger partial charge in [0, 0.05) is 0 Å². The number of furan rings is 1. The van der Waals surface area contributed by atoms with Gasteiger partial charge in [-0.3, -0.25) is 4.52 Å². The van der Waals surface area contributed by atoms with Gasteiger partial charge in [-0.2, -0.15) is 0 Å². The molecule has 2 aromatic rings. The maximum atomic E-state index is 10.6. The molecule has 2 aromatic heterocycles. The van der Waals surface area contributed by atoms with E-state index in [2.05, 4.69) is 9.79 Å². The Kier molecular flexibility index (Phi) is 1.55. The molecular formula is C7H7N2O3+. The van der Waals surface area contributed by atoms with Gasteiger partial charge in [-0.05, 0) is 17.4 Å². The highest BCUT2D eigenvalue weighted by Crippen LogP contribution is 1.97. The first-order valence-electron chi connectivity index (χ1n) is 3.45. The van der Waals surface area contributed by atoms with Crippen LogP contribution >= 0.6 is 0 Å². The molecule has 0 aliphatic carbocycles. The highest BCUT2D eigenvalue weighted by molar-refractivity contribution is 4.95. The van der Waals surface area contributed by atoms with Gasteiger partial charge in [0.2, 0.25) is 6.54 Å². The van der Waals surface area contributed by atoms with Crippen molar-refractivity contribution in [2.24, 2.45) is 0 Å². The van der Waals surface area contributed by atoms with Gasteiger partial charge in [-0.25, -0.2) is 4.79 Å². The van der Waals surface area contributed by atoms with Crippen molar-refractivity contribution in [3.63, 3.8) is 0 Å². The zero-order valence-corrected chi connectivity index (χ0v) is 6.19. The smallest absolute Gasteiger partial charge is 0.426 e. The fraction of sp³-hybridized carbons (Fsp3) is 0.143. The van der Waals surface area contributed by atoms with E-state index in [-0.39, 0.29) is 0 Å². The molecule has 2 heterocycles. The number of hydrogen-bond acceptors (Lipinski definition) is 3. The van der Waals surface area contributed by atoms with Gasteiger partial charge in [0.05, 0.1) is 6.26 Å². The third-order valence-corrected chi connectivity index (χ3v) is 1.43.